The number of halogens is 1. The number of furan rings is 1. The van der Waals surface area contributed by atoms with Crippen LogP contribution in [0, 0.1) is 12.7 Å². The van der Waals surface area contributed by atoms with E-state index in [1.54, 1.807) is 18.3 Å². The molecule has 1 amide bonds. The summed E-state index contributed by atoms with van der Waals surface area (Å²) in [4.78, 5) is 22.7. The van der Waals surface area contributed by atoms with Crippen LogP contribution in [0.5, 0.6) is 0 Å². The minimum Gasteiger partial charge on any atom is -0.459 e. The Morgan fingerprint density at radius 3 is 2.86 bits per heavy atom. The van der Waals surface area contributed by atoms with Crippen molar-refractivity contribution in [3.05, 3.63) is 59.2 Å². The second kappa shape index (κ2) is 7.42. The van der Waals surface area contributed by atoms with Crippen LogP contribution in [0.1, 0.15) is 30.2 Å². The number of hydrogen-bond acceptors (Lipinski definition) is 5. The number of anilines is 2. The molecule has 3 heterocycles. The van der Waals surface area contributed by atoms with E-state index in [1.165, 1.54) is 12.1 Å². The zero-order valence-corrected chi connectivity index (χ0v) is 15.8. The van der Waals surface area contributed by atoms with Gasteiger partial charge >= 0.3 is 0 Å². The third-order valence-corrected chi connectivity index (χ3v) is 4.83. The number of hydrogen-bond donors (Lipinski definition) is 1. The number of nitrogens with zero attached hydrogens (tertiary/aromatic N) is 3. The number of benzene rings is 1. The fourth-order valence-corrected chi connectivity index (χ4v) is 3.30. The van der Waals surface area contributed by atoms with Gasteiger partial charge in [-0.1, -0.05) is 6.92 Å². The number of aromatic nitrogens is 2. The maximum absolute atomic E-state index is 13.1. The normalized spacial score (nSPS) is 13.3. The molecule has 0 fully saturated rings. The van der Waals surface area contributed by atoms with Crippen molar-refractivity contribution in [1.82, 2.24) is 14.9 Å². The summed E-state index contributed by atoms with van der Waals surface area (Å²) in [6.45, 7) is 5.03. The standard InChI is InChI=1S/C21H21FN4O2/c1-3-19(27)26-9-8-17-14(12-26)10-18(28-17)20-13(2)11-23-21(25-20)24-16-6-4-15(22)5-7-16/h4-7,10-11H,3,8-9,12H2,1-2H3,(H,23,24,25). The molecule has 0 unspecified atom stereocenters. The van der Waals surface area contributed by atoms with Gasteiger partial charge in [-0.2, -0.15) is 0 Å². The third kappa shape index (κ3) is 3.60. The molecule has 2 aromatic heterocycles. The van der Waals surface area contributed by atoms with Crippen LogP contribution in [0.3, 0.4) is 0 Å². The van der Waals surface area contributed by atoms with E-state index in [2.05, 4.69) is 15.3 Å². The summed E-state index contributed by atoms with van der Waals surface area (Å²) in [7, 11) is 0. The van der Waals surface area contributed by atoms with Gasteiger partial charge in [0.1, 0.15) is 17.3 Å². The van der Waals surface area contributed by atoms with Crippen molar-refractivity contribution in [2.75, 3.05) is 11.9 Å². The van der Waals surface area contributed by atoms with Gasteiger partial charge in [0.05, 0.1) is 0 Å². The maximum Gasteiger partial charge on any atom is 0.227 e. The molecule has 1 aliphatic rings. The molecule has 0 saturated carbocycles. The first-order chi connectivity index (χ1) is 13.5. The fourth-order valence-electron chi connectivity index (χ4n) is 3.30. The first kappa shape index (κ1) is 18.2. The monoisotopic (exact) mass is 380 g/mol. The van der Waals surface area contributed by atoms with Crippen LogP contribution in [-0.4, -0.2) is 27.3 Å². The van der Waals surface area contributed by atoms with Crippen molar-refractivity contribution in [3.63, 3.8) is 0 Å². The van der Waals surface area contributed by atoms with Crippen molar-refractivity contribution >= 4 is 17.5 Å². The van der Waals surface area contributed by atoms with Crippen LogP contribution in [0.2, 0.25) is 0 Å². The topological polar surface area (TPSA) is 71.3 Å². The van der Waals surface area contributed by atoms with Crippen molar-refractivity contribution in [2.24, 2.45) is 0 Å². The van der Waals surface area contributed by atoms with E-state index in [1.807, 2.05) is 24.8 Å². The van der Waals surface area contributed by atoms with Crippen LogP contribution >= 0.6 is 0 Å². The van der Waals surface area contributed by atoms with E-state index >= 15 is 0 Å². The van der Waals surface area contributed by atoms with Gasteiger partial charge in [0.2, 0.25) is 11.9 Å². The Morgan fingerprint density at radius 2 is 2.11 bits per heavy atom. The molecule has 1 aromatic carbocycles. The van der Waals surface area contributed by atoms with Gasteiger partial charge in [0.15, 0.2) is 5.76 Å². The Balaban J connectivity index is 1.60. The summed E-state index contributed by atoms with van der Waals surface area (Å²) in [6, 6.07) is 7.97. The van der Waals surface area contributed by atoms with Gasteiger partial charge in [-0.05, 0) is 42.8 Å². The predicted molar refractivity (Wildman–Crippen MR) is 104 cm³/mol. The molecule has 1 N–H and O–H groups in total. The molecule has 0 aliphatic carbocycles. The van der Waals surface area contributed by atoms with Gasteiger partial charge in [-0.25, -0.2) is 14.4 Å². The summed E-state index contributed by atoms with van der Waals surface area (Å²) >= 11 is 0. The Kier molecular flexibility index (Phi) is 4.81. The first-order valence-corrected chi connectivity index (χ1v) is 9.29. The molecule has 144 valence electrons. The number of aryl methyl sites for hydroxylation is 1. The molecule has 7 heteroatoms. The molecule has 0 spiro atoms. The van der Waals surface area contributed by atoms with Crippen molar-refractivity contribution < 1.29 is 13.6 Å². The molecular formula is C21H21FN4O2. The van der Waals surface area contributed by atoms with Gasteiger partial charge in [0, 0.05) is 43.4 Å². The molecule has 0 radical (unpaired) electrons. The number of carbonyl (C=O) groups is 1. The summed E-state index contributed by atoms with van der Waals surface area (Å²) in [6.07, 6.45) is 2.93. The van der Waals surface area contributed by atoms with Crippen molar-refractivity contribution in [3.8, 4) is 11.5 Å². The van der Waals surface area contributed by atoms with Crippen LogP contribution in [0.4, 0.5) is 16.0 Å². The molecule has 4 rings (SSSR count). The Bertz CT molecular complexity index is 1010. The highest BCUT2D eigenvalue weighted by Gasteiger charge is 2.24. The second-order valence-corrected chi connectivity index (χ2v) is 6.84. The lowest BCUT2D eigenvalue weighted by Gasteiger charge is -2.25. The van der Waals surface area contributed by atoms with Crippen LogP contribution < -0.4 is 5.32 Å². The van der Waals surface area contributed by atoms with Crippen molar-refractivity contribution in [2.45, 2.75) is 33.2 Å². The van der Waals surface area contributed by atoms with E-state index in [-0.39, 0.29) is 11.7 Å². The molecule has 1 aliphatic heterocycles. The van der Waals surface area contributed by atoms with E-state index in [4.69, 9.17) is 4.42 Å². The highest BCUT2D eigenvalue weighted by Crippen LogP contribution is 2.31. The molecule has 0 bridgehead atoms. The summed E-state index contributed by atoms with van der Waals surface area (Å²) in [5, 5.41) is 3.08. The molecule has 3 aromatic rings. The zero-order valence-electron chi connectivity index (χ0n) is 15.8. The molecular weight excluding hydrogens is 359 g/mol. The zero-order chi connectivity index (χ0) is 19.7. The third-order valence-electron chi connectivity index (χ3n) is 4.83. The van der Waals surface area contributed by atoms with E-state index in [0.717, 1.165) is 16.9 Å². The van der Waals surface area contributed by atoms with Gasteiger partial charge in [-0.3, -0.25) is 4.79 Å². The summed E-state index contributed by atoms with van der Waals surface area (Å²) < 4.78 is 19.1. The predicted octanol–water partition coefficient (Wildman–Crippen LogP) is 4.22. The minimum absolute atomic E-state index is 0.150. The minimum atomic E-state index is -0.298. The quantitative estimate of drug-likeness (QED) is 0.734. The average Bonchev–Trinajstić information content (AvgIpc) is 3.13. The van der Waals surface area contributed by atoms with Gasteiger partial charge < -0.3 is 14.6 Å². The lowest BCUT2D eigenvalue weighted by Crippen LogP contribution is -2.34. The number of amides is 1. The Labute approximate surface area is 162 Å². The van der Waals surface area contributed by atoms with Crippen LogP contribution in [-0.2, 0) is 17.8 Å². The molecule has 28 heavy (non-hydrogen) atoms. The SMILES string of the molecule is CCC(=O)N1CCc2oc(-c3nc(Nc4ccc(F)cc4)ncc3C)cc2C1. The molecule has 0 saturated heterocycles. The number of rotatable bonds is 4. The van der Waals surface area contributed by atoms with Crippen LogP contribution in [0.15, 0.2) is 40.9 Å². The Hall–Kier alpha value is -3.22. The Morgan fingerprint density at radius 1 is 1.32 bits per heavy atom. The fraction of sp³-hybridized carbons (Fsp3) is 0.286. The maximum atomic E-state index is 13.1. The highest BCUT2D eigenvalue weighted by molar-refractivity contribution is 5.76. The van der Waals surface area contributed by atoms with Crippen LogP contribution in [0.25, 0.3) is 11.5 Å². The lowest BCUT2D eigenvalue weighted by molar-refractivity contribution is -0.131. The lowest BCUT2D eigenvalue weighted by atomic mass is 10.1. The van der Waals surface area contributed by atoms with E-state index in [9.17, 15) is 9.18 Å². The molecule has 0 atom stereocenters. The molecule has 6 nitrogen and oxygen atoms in total. The first-order valence-electron chi connectivity index (χ1n) is 9.29. The summed E-state index contributed by atoms with van der Waals surface area (Å²) in [5.74, 6) is 1.83. The number of carbonyl (C=O) groups excluding carboxylic acids is 1. The number of nitrogens with one attached hydrogen (secondary N) is 1. The highest BCUT2D eigenvalue weighted by atomic mass is 19.1. The van der Waals surface area contributed by atoms with E-state index < -0.39 is 0 Å². The van der Waals surface area contributed by atoms with E-state index in [0.29, 0.717) is 49.0 Å². The number of fused-ring (bicyclic) bond motifs is 1. The van der Waals surface area contributed by atoms with Crippen molar-refractivity contribution in [1.29, 1.82) is 0 Å². The smallest absolute Gasteiger partial charge is 0.227 e. The second-order valence-electron chi connectivity index (χ2n) is 6.84. The summed E-state index contributed by atoms with van der Waals surface area (Å²) in [5.41, 5.74) is 3.30. The van der Waals surface area contributed by atoms with Gasteiger partial charge in [-0.15, -0.1) is 0 Å². The largest absolute Gasteiger partial charge is 0.459 e. The van der Waals surface area contributed by atoms with Gasteiger partial charge in [0.25, 0.3) is 0 Å². The average molecular weight is 380 g/mol.